The third kappa shape index (κ3) is 2.21. The number of aromatic nitrogens is 1. The van der Waals surface area contributed by atoms with E-state index in [-0.39, 0.29) is 5.56 Å². The van der Waals surface area contributed by atoms with Gasteiger partial charge >= 0.3 is 0 Å². The highest BCUT2D eigenvalue weighted by Gasteiger charge is 2.04. The molecule has 0 aliphatic heterocycles. The lowest BCUT2D eigenvalue weighted by atomic mass is 10.3. The minimum atomic E-state index is 0.0813. The molecule has 0 bridgehead atoms. The molecule has 0 atom stereocenters. The SMILES string of the molecule is Cc1cccn(Cc2sccc2Br)c1=O. The second-order valence-electron chi connectivity index (χ2n) is 3.32. The molecule has 15 heavy (non-hydrogen) atoms. The highest BCUT2D eigenvalue weighted by molar-refractivity contribution is 9.10. The van der Waals surface area contributed by atoms with Crippen LogP contribution in [0, 0.1) is 6.92 Å². The van der Waals surface area contributed by atoms with Gasteiger partial charge < -0.3 is 4.57 Å². The summed E-state index contributed by atoms with van der Waals surface area (Å²) in [4.78, 5) is 12.9. The lowest BCUT2D eigenvalue weighted by Gasteiger charge is -2.04. The first kappa shape index (κ1) is 10.6. The van der Waals surface area contributed by atoms with Gasteiger partial charge in [0.2, 0.25) is 0 Å². The predicted octanol–water partition coefficient (Wildman–Crippen LogP) is 3.03. The molecule has 2 aromatic heterocycles. The molecule has 4 heteroatoms. The molecule has 78 valence electrons. The highest BCUT2D eigenvalue weighted by atomic mass is 79.9. The second-order valence-corrected chi connectivity index (χ2v) is 5.17. The van der Waals surface area contributed by atoms with E-state index in [4.69, 9.17) is 0 Å². The normalized spacial score (nSPS) is 10.5. The first-order chi connectivity index (χ1) is 7.18. The van der Waals surface area contributed by atoms with E-state index in [1.54, 1.807) is 15.9 Å². The Balaban J connectivity index is 2.37. The van der Waals surface area contributed by atoms with E-state index in [1.165, 1.54) is 4.88 Å². The first-order valence-electron chi connectivity index (χ1n) is 4.56. The zero-order valence-corrected chi connectivity index (χ0v) is 10.6. The summed E-state index contributed by atoms with van der Waals surface area (Å²) in [6.07, 6.45) is 1.82. The third-order valence-electron chi connectivity index (χ3n) is 2.22. The fourth-order valence-electron chi connectivity index (χ4n) is 1.37. The zero-order valence-electron chi connectivity index (χ0n) is 8.24. The molecule has 0 unspecified atom stereocenters. The Morgan fingerprint density at radius 3 is 2.93 bits per heavy atom. The Hall–Kier alpha value is -0.870. The number of hydrogen-bond acceptors (Lipinski definition) is 2. The van der Waals surface area contributed by atoms with Crippen LogP contribution in [0.1, 0.15) is 10.4 Å². The van der Waals surface area contributed by atoms with Crippen LogP contribution in [-0.2, 0) is 6.54 Å². The van der Waals surface area contributed by atoms with Crippen molar-refractivity contribution in [3.05, 3.63) is 55.0 Å². The fraction of sp³-hybridized carbons (Fsp3) is 0.182. The van der Waals surface area contributed by atoms with Crippen LogP contribution in [0.4, 0.5) is 0 Å². The van der Waals surface area contributed by atoms with Gasteiger partial charge in [0.1, 0.15) is 0 Å². The molecule has 0 amide bonds. The van der Waals surface area contributed by atoms with E-state index in [0.29, 0.717) is 6.54 Å². The molecule has 0 N–H and O–H groups in total. The first-order valence-corrected chi connectivity index (χ1v) is 6.23. The van der Waals surface area contributed by atoms with Gasteiger partial charge in [0.05, 0.1) is 6.54 Å². The Kier molecular flexibility index (Phi) is 3.07. The average molecular weight is 284 g/mol. The predicted molar refractivity (Wildman–Crippen MR) is 66.6 cm³/mol. The second kappa shape index (κ2) is 4.33. The molecule has 0 aliphatic carbocycles. The van der Waals surface area contributed by atoms with E-state index >= 15 is 0 Å². The molecular formula is C11H10BrNOS. The maximum atomic E-state index is 11.8. The Bertz CT molecular complexity index is 529. The van der Waals surface area contributed by atoms with E-state index in [1.807, 2.05) is 36.7 Å². The number of hydrogen-bond donors (Lipinski definition) is 0. The molecule has 2 aromatic rings. The van der Waals surface area contributed by atoms with Crippen molar-refractivity contribution < 1.29 is 0 Å². The fourth-order valence-corrected chi connectivity index (χ4v) is 2.85. The van der Waals surface area contributed by atoms with Crippen molar-refractivity contribution in [1.82, 2.24) is 4.57 Å². The van der Waals surface area contributed by atoms with Crippen LogP contribution in [0.15, 0.2) is 39.0 Å². The molecule has 0 aliphatic rings. The topological polar surface area (TPSA) is 22.0 Å². The molecule has 2 nitrogen and oxygen atoms in total. The number of pyridine rings is 1. The monoisotopic (exact) mass is 283 g/mol. The van der Waals surface area contributed by atoms with Gasteiger partial charge in [-0.2, -0.15) is 0 Å². The van der Waals surface area contributed by atoms with Crippen LogP contribution in [0.3, 0.4) is 0 Å². The molecule has 0 radical (unpaired) electrons. The van der Waals surface area contributed by atoms with Crippen molar-refractivity contribution in [3.63, 3.8) is 0 Å². The molecule has 0 saturated carbocycles. The van der Waals surface area contributed by atoms with Crippen molar-refractivity contribution in [2.24, 2.45) is 0 Å². The van der Waals surface area contributed by atoms with Crippen molar-refractivity contribution in [1.29, 1.82) is 0 Å². The number of aryl methyl sites for hydroxylation is 1. The molecule has 2 heterocycles. The summed E-state index contributed by atoms with van der Waals surface area (Å²) in [6.45, 7) is 2.47. The van der Waals surface area contributed by atoms with Crippen molar-refractivity contribution in [3.8, 4) is 0 Å². The largest absolute Gasteiger partial charge is 0.310 e. The summed E-state index contributed by atoms with van der Waals surface area (Å²) in [6, 6.07) is 5.74. The summed E-state index contributed by atoms with van der Waals surface area (Å²) in [7, 11) is 0. The van der Waals surface area contributed by atoms with Crippen LogP contribution in [0.5, 0.6) is 0 Å². The Morgan fingerprint density at radius 2 is 2.27 bits per heavy atom. The molecule has 0 spiro atoms. The van der Waals surface area contributed by atoms with E-state index in [0.717, 1.165) is 10.0 Å². The lowest BCUT2D eigenvalue weighted by molar-refractivity contribution is 0.760. The van der Waals surface area contributed by atoms with Crippen molar-refractivity contribution >= 4 is 27.3 Å². The van der Waals surface area contributed by atoms with Gasteiger partial charge in [0.15, 0.2) is 0 Å². The van der Waals surface area contributed by atoms with Gasteiger partial charge in [-0.15, -0.1) is 11.3 Å². The number of nitrogens with zero attached hydrogens (tertiary/aromatic N) is 1. The van der Waals surface area contributed by atoms with Gasteiger partial charge in [-0.25, -0.2) is 0 Å². The van der Waals surface area contributed by atoms with Gasteiger partial charge in [-0.1, -0.05) is 6.07 Å². The highest BCUT2D eigenvalue weighted by Crippen LogP contribution is 2.22. The molecule has 0 aromatic carbocycles. The van der Waals surface area contributed by atoms with Crippen LogP contribution in [-0.4, -0.2) is 4.57 Å². The Labute approximate surface area is 100 Å². The molecule has 0 fully saturated rings. The van der Waals surface area contributed by atoms with Crippen LogP contribution in [0.2, 0.25) is 0 Å². The number of thiophene rings is 1. The minimum Gasteiger partial charge on any atom is -0.310 e. The number of halogens is 1. The van der Waals surface area contributed by atoms with E-state index in [9.17, 15) is 4.79 Å². The van der Waals surface area contributed by atoms with Crippen molar-refractivity contribution in [2.75, 3.05) is 0 Å². The summed E-state index contributed by atoms with van der Waals surface area (Å²) < 4.78 is 2.80. The minimum absolute atomic E-state index is 0.0813. The van der Waals surface area contributed by atoms with Gasteiger partial charge in [-0.3, -0.25) is 4.79 Å². The van der Waals surface area contributed by atoms with Crippen LogP contribution < -0.4 is 5.56 Å². The van der Waals surface area contributed by atoms with E-state index in [2.05, 4.69) is 15.9 Å². The smallest absolute Gasteiger partial charge is 0.253 e. The summed E-state index contributed by atoms with van der Waals surface area (Å²) in [5.41, 5.74) is 0.864. The Morgan fingerprint density at radius 1 is 1.47 bits per heavy atom. The molecule has 0 saturated heterocycles. The third-order valence-corrected chi connectivity index (χ3v) is 4.13. The lowest BCUT2D eigenvalue weighted by Crippen LogP contribution is -2.21. The van der Waals surface area contributed by atoms with Crippen molar-refractivity contribution in [2.45, 2.75) is 13.5 Å². The zero-order chi connectivity index (χ0) is 10.8. The summed E-state index contributed by atoms with van der Waals surface area (Å²) in [5, 5.41) is 2.01. The summed E-state index contributed by atoms with van der Waals surface area (Å²) >= 11 is 5.11. The van der Waals surface area contributed by atoms with Gasteiger partial charge in [0, 0.05) is 21.1 Å². The summed E-state index contributed by atoms with van der Waals surface area (Å²) in [5.74, 6) is 0. The van der Waals surface area contributed by atoms with Gasteiger partial charge in [-0.05, 0) is 40.4 Å². The maximum Gasteiger partial charge on any atom is 0.253 e. The van der Waals surface area contributed by atoms with E-state index < -0.39 is 0 Å². The molecule has 2 rings (SSSR count). The van der Waals surface area contributed by atoms with Crippen LogP contribution >= 0.6 is 27.3 Å². The number of rotatable bonds is 2. The quantitative estimate of drug-likeness (QED) is 0.831. The van der Waals surface area contributed by atoms with Gasteiger partial charge in [0.25, 0.3) is 5.56 Å². The maximum absolute atomic E-state index is 11.8. The average Bonchev–Trinajstić information content (AvgIpc) is 2.60. The molecular weight excluding hydrogens is 274 g/mol. The standard InChI is InChI=1S/C11H10BrNOS/c1-8-3-2-5-13(11(8)14)7-10-9(12)4-6-15-10/h2-6H,7H2,1H3. The van der Waals surface area contributed by atoms with Crippen LogP contribution in [0.25, 0.3) is 0 Å².